The molecule has 0 bridgehead atoms. The van der Waals surface area contributed by atoms with E-state index in [1.807, 2.05) is 31.2 Å². The maximum Gasteiger partial charge on any atom is 0.214 e. The van der Waals surface area contributed by atoms with Gasteiger partial charge in [-0.1, -0.05) is 24.3 Å². The van der Waals surface area contributed by atoms with Crippen LogP contribution in [0.2, 0.25) is 0 Å². The van der Waals surface area contributed by atoms with E-state index in [0.717, 1.165) is 16.8 Å². The van der Waals surface area contributed by atoms with Gasteiger partial charge in [-0.3, -0.25) is 0 Å². The second kappa shape index (κ2) is 6.85. The molecule has 0 saturated heterocycles. The highest BCUT2D eigenvalue weighted by Gasteiger charge is 2.02. The highest BCUT2D eigenvalue weighted by molar-refractivity contribution is 5.42. The minimum absolute atomic E-state index is 0.479. The first-order valence-electron chi connectivity index (χ1n) is 6.29. The summed E-state index contributed by atoms with van der Waals surface area (Å²) in [7, 11) is 0. The number of hydrogen-bond acceptors (Lipinski definition) is 3. The molecule has 1 heterocycles. The number of halogens is 1. The van der Waals surface area contributed by atoms with Crippen LogP contribution in [0.5, 0.6) is 0 Å². The molecule has 4 heteroatoms. The zero-order valence-electron chi connectivity index (χ0n) is 10.9. The molecular formula is C15H17FN2O. The first kappa shape index (κ1) is 13.5. The van der Waals surface area contributed by atoms with E-state index >= 15 is 0 Å². The summed E-state index contributed by atoms with van der Waals surface area (Å²) in [4.78, 5) is 3.53. The van der Waals surface area contributed by atoms with Gasteiger partial charge in [0.05, 0.1) is 6.61 Å². The van der Waals surface area contributed by atoms with Crippen LogP contribution in [0, 0.1) is 5.95 Å². The third-order valence-corrected chi connectivity index (χ3v) is 2.79. The zero-order valence-corrected chi connectivity index (χ0v) is 10.9. The topological polar surface area (TPSA) is 34.1 Å². The van der Waals surface area contributed by atoms with Gasteiger partial charge in [0.25, 0.3) is 0 Å². The molecule has 0 spiro atoms. The number of rotatable bonds is 6. The van der Waals surface area contributed by atoms with Crippen molar-refractivity contribution in [2.45, 2.75) is 20.1 Å². The smallest absolute Gasteiger partial charge is 0.214 e. The molecule has 0 aliphatic heterocycles. The van der Waals surface area contributed by atoms with Crippen LogP contribution in [-0.4, -0.2) is 11.6 Å². The molecule has 100 valence electrons. The van der Waals surface area contributed by atoms with Crippen molar-refractivity contribution in [2.24, 2.45) is 0 Å². The predicted octanol–water partition coefficient (Wildman–Crippen LogP) is 3.37. The summed E-state index contributed by atoms with van der Waals surface area (Å²) in [5.74, 6) is -0.479. The molecule has 1 aromatic heterocycles. The number of nitrogens with zero attached hydrogens (tertiary/aromatic N) is 1. The molecule has 1 aromatic carbocycles. The van der Waals surface area contributed by atoms with E-state index in [4.69, 9.17) is 4.74 Å². The van der Waals surface area contributed by atoms with Crippen LogP contribution in [0.15, 0.2) is 42.6 Å². The van der Waals surface area contributed by atoms with Crippen LogP contribution in [0.4, 0.5) is 10.1 Å². The van der Waals surface area contributed by atoms with Crippen molar-refractivity contribution in [3.63, 3.8) is 0 Å². The summed E-state index contributed by atoms with van der Waals surface area (Å²) in [6.07, 6.45) is 1.45. The average molecular weight is 260 g/mol. The van der Waals surface area contributed by atoms with Crippen LogP contribution < -0.4 is 5.32 Å². The van der Waals surface area contributed by atoms with Gasteiger partial charge in [-0.15, -0.1) is 0 Å². The minimum Gasteiger partial charge on any atom is -0.381 e. The van der Waals surface area contributed by atoms with Gasteiger partial charge in [0.1, 0.15) is 0 Å². The molecule has 0 aliphatic carbocycles. The molecule has 1 N–H and O–H groups in total. The molecule has 0 fully saturated rings. The molecule has 3 nitrogen and oxygen atoms in total. The van der Waals surface area contributed by atoms with Crippen LogP contribution in [0.25, 0.3) is 0 Å². The maximum atomic E-state index is 13.0. The Labute approximate surface area is 112 Å². The molecule has 0 saturated carbocycles. The lowest BCUT2D eigenvalue weighted by Crippen LogP contribution is -2.04. The normalized spacial score (nSPS) is 10.4. The zero-order chi connectivity index (χ0) is 13.5. The van der Waals surface area contributed by atoms with Gasteiger partial charge in [-0.25, -0.2) is 4.98 Å². The Kier molecular flexibility index (Phi) is 4.86. The first-order chi connectivity index (χ1) is 9.29. The van der Waals surface area contributed by atoms with Crippen molar-refractivity contribution in [1.82, 2.24) is 4.98 Å². The van der Waals surface area contributed by atoms with E-state index in [2.05, 4.69) is 10.3 Å². The van der Waals surface area contributed by atoms with Crippen LogP contribution in [0.3, 0.4) is 0 Å². The number of anilines is 1. The fourth-order valence-electron chi connectivity index (χ4n) is 1.79. The van der Waals surface area contributed by atoms with Crippen molar-refractivity contribution in [3.8, 4) is 0 Å². The lowest BCUT2D eigenvalue weighted by Gasteiger charge is -2.11. The van der Waals surface area contributed by atoms with Gasteiger partial charge in [0.15, 0.2) is 0 Å². The second-order valence-corrected chi connectivity index (χ2v) is 4.13. The van der Waals surface area contributed by atoms with Crippen molar-refractivity contribution in [3.05, 3.63) is 59.7 Å². The summed E-state index contributed by atoms with van der Waals surface area (Å²) in [5.41, 5.74) is 3.01. The molecule has 0 atom stereocenters. The Balaban J connectivity index is 2.02. The quantitative estimate of drug-likeness (QED) is 0.809. The fraction of sp³-hybridized carbons (Fsp3) is 0.267. The van der Waals surface area contributed by atoms with E-state index in [9.17, 15) is 4.39 Å². The Morgan fingerprint density at radius 3 is 2.74 bits per heavy atom. The predicted molar refractivity (Wildman–Crippen MR) is 73.3 cm³/mol. The fourth-order valence-corrected chi connectivity index (χ4v) is 1.79. The van der Waals surface area contributed by atoms with Crippen molar-refractivity contribution in [2.75, 3.05) is 11.9 Å². The minimum atomic E-state index is -0.479. The van der Waals surface area contributed by atoms with Gasteiger partial charge in [0.2, 0.25) is 5.95 Å². The molecule has 0 aliphatic rings. The van der Waals surface area contributed by atoms with Crippen LogP contribution >= 0.6 is 0 Å². The number of hydrogen-bond donors (Lipinski definition) is 1. The molecule has 0 unspecified atom stereocenters. The summed E-state index contributed by atoms with van der Waals surface area (Å²) < 4.78 is 18.4. The SMILES string of the molecule is CCOCc1ccccc1CNc1ccnc(F)c1. The largest absolute Gasteiger partial charge is 0.381 e. The third-order valence-electron chi connectivity index (χ3n) is 2.79. The highest BCUT2D eigenvalue weighted by Crippen LogP contribution is 2.14. The highest BCUT2D eigenvalue weighted by atomic mass is 19.1. The van der Waals surface area contributed by atoms with Gasteiger partial charge in [0, 0.05) is 31.1 Å². The van der Waals surface area contributed by atoms with Crippen LogP contribution in [0.1, 0.15) is 18.1 Å². The number of aromatic nitrogens is 1. The lowest BCUT2D eigenvalue weighted by molar-refractivity contribution is 0.133. The molecule has 2 rings (SSSR count). The second-order valence-electron chi connectivity index (χ2n) is 4.13. The number of nitrogens with one attached hydrogen (secondary N) is 1. The molecule has 0 amide bonds. The number of benzene rings is 1. The van der Waals surface area contributed by atoms with Gasteiger partial charge in [-0.05, 0) is 24.1 Å². The van der Waals surface area contributed by atoms with Crippen molar-refractivity contribution in [1.29, 1.82) is 0 Å². The average Bonchev–Trinajstić information content (AvgIpc) is 2.44. The summed E-state index contributed by atoms with van der Waals surface area (Å²) in [6.45, 7) is 3.89. The maximum absolute atomic E-state index is 13.0. The van der Waals surface area contributed by atoms with Gasteiger partial charge in [-0.2, -0.15) is 4.39 Å². The van der Waals surface area contributed by atoms with Crippen molar-refractivity contribution < 1.29 is 9.13 Å². The van der Waals surface area contributed by atoms with E-state index in [1.54, 1.807) is 6.07 Å². The van der Waals surface area contributed by atoms with Crippen molar-refractivity contribution >= 4 is 5.69 Å². The molecular weight excluding hydrogens is 243 g/mol. The number of pyridine rings is 1. The molecule has 2 aromatic rings. The van der Waals surface area contributed by atoms with E-state index in [0.29, 0.717) is 19.8 Å². The van der Waals surface area contributed by atoms with E-state index in [-0.39, 0.29) is 0 Å². The lowest BCUT2D eigenvalue weighted by atomic mass is 10.1. The summed E-state index contributed by atoms with van der Waals surface area (Å²) >= 11 is 0. The Hall–Kier alpha value is -1.94. The number of ether oxygens (including phenoxy) is 1. The Morgan fingerprint density at radius 2 is 2.00 bits per heavy atom. The summed E-state index contributed by atoms with van der Waals surface area (Å²) in [5, 5.41) is 3.18. The molecule has 0 radical (unpaired) electrons. The van der Waals surface area contributed by atoms with Crippen LogP contribution in [-0.2, 0) is 17.9 Å². The van der Waals surface area contributed by atoms with E-state index in [1.165, 1.54) is 12.3 Å². The Morgan fingerprint density at radius 1 is 1.21 bits per heavy atom. The first-order valence-corrected chi connectivity index (χ1v) is 6.29. The van der Waals surface area contributed by atoms with Gasteiger partial charge >= 0.3 is 0 Å². The Bertz CT molecular complexity index is 531. The monoisotopic (exact) mass is 260 g/mol. The molecule has 19 heavy (non-hydrogen) atoms. The van der Waals surface area contributed by atoms with E-state index < -0.39 is 5.95 Å². The van der Waals surface area contributed by atoms with Gasteiger partial charge < -0.3 is 10.1 Å². The standard InChI is InChI=1S/C15H17FN2O/c1-2-19-11-13-6-4-3-5-12(13)10-18-14-7-8-17-15(16)9-14/h3-9H,2,10-11H2,1H3,(H,17,18). The third kappa shape index (κ3) is 4.03. The summed E-state index contributed by atoms with van der Waals surface area (Å²) in [6, 6.07) is 11.2.